The Morgan fingerprint density at radius 3 is 2.92 bits per heavy atom. The molecule has 4 nitrogen and oxygen atoms in total. The van der Waals surface area contributed by atoms with E-state index >= 15 is 0 Å². The first-order valence-electron chi connectivity index (χ1n) is 8.09. The number of H-pyrrole nitrogens is 1. The molecule has 24 heavy (non-hydrogen) atoms. The number of pyridine rings is 1. The number of nitrogens with one attached hydrogen (secondary N) is 1. The van der Waals surface area contributed by atoms with Crippen LogP contribution >= 0.6 is 0 Å². The maximum atomic E-state index is 12.8. The van der Waals surface area contributed by atoms with Crippen molar-refractivity contribution < 1.29 is 0 Å². The monoisotopic (exact) mass is 315 g/mol. The highest BCUT2D eigenvalue weighted by Gasteiger charge is 2.20. The van der Waals surface area contributed by atoms with Crippen molar-refractivity contribution in [3.05, 3.63) is 81.1 Å². The summed E-state index contributed by atoms with van der Waals surface area (Å²) in [5.41, 5.74) is 4.76. The predicted octanol–water partition coefficient (Wildman–Crippen LogP) is 2.96. The molecule has 0 atom stereocenters. The molecule has 0 radical (unpaired) electrons. The summed E-state index contributed by atoms with van der Waals surface area (Å²) in [6.07, 6.45) is 0.841. The molecule has 4 rings (SSSR count). The van der Waals surface area contributed by atoms with Crippen LogP contribution in [-0.4, -0.2) is 16.4 Å². The smallest absolute Gasteiger partial charge is 0.194 e. The number of hydrogen-bond donors (Lipinski definition) is 1. The van der Waals surface area contributed by atoms with E-state index in [2.05, 4.69) is 16.0 Å². The number of nitriles is 1. The third-order valence-electron chi connectivity index (χ3n) is 4.62. The normalized spacial score (nSPS) is 14.3. The predicted molar refractivity (Wildman–Crippen MR) is 93.5 cm³/mol. The first-order valence-corrected chi connectivity index (χ1v) is 8.09. The summed E-state index contributed by atoms with van der Waals surface area (Å²) in [4.78, 5) is 18.5. The van der Waals surface area contributed by atoms with Crippen LogP contribution in [0.1, 0.15) is 22.4 Å². The second kappa shape index (κ2) is 5.95. The Labute approximate surface area is 140 Å². The molecule has 2 aromatic carbocycles. The molecule has 1 aromatic heterocycles. The second-order valence-electron chi connectivity index (χ2n) is 6.23. The summed E-state index contributed by atoms with van der Waals surface area (Å²) in [5.74, 6) is 0. The summed E-state index contributed by atoms with van der Waals surface area (Å²) >= 11 is 0. The molecule has 0 spiro atoms. The van der Waals surface area contributed by atoms with Crippen LogP contribution in [0.25, 0.3) is 10.9 Å². The van der Waals surface area contributed by atoms with Crippen LogP contribution < -0.4 is 5.43 Å². The molecule has 2 heterocycles. The first-order chi connectivity index (χ1) is 11.7. The Hall–Kier alpha value is -2.90. The Bertz CT molecular complexity index is 1010. The number of fused-ring (bicyclic) bond motifs is 2. The average molecular weight is 315 g/mol. The number of hydrogen-bond acceptors (Lipinski definition) is 3. The molecule has 0 fully saturated rings. The molecule has 0 aliphatic carbocycles. The zero-order valence-electron chi connectivity index (χ0n) is 13.2. The molecule has 0 amide bonds. The van der Waals surface area contributed by atoms with E-state index in [0.717, 1.165) is 47.2 Å². The molecule has 1 aliphatic rings. The molecule has 0 saturated heterocycles. The standard InChI is InChI=1S/C20H17N3O/c21-11-14-4-3-5-15(10-14)12-23-9-8-19-17(13-23)20(24)16-6-1-2-7-18(16)22-19/h1-7,10H,8-9,12-13H2,(H,22,24). The fourth-order valence-corrected chi connectivity index (χ4v) is 3.41. The van der Waals surface area contributed by atoms with Crippen LogP contribution in [0.4, 0.5) is 0 Å². The minimum Gasteiger partial charge on any atom is -0.358 e. The minimum atomic E-state index is 0.134. The summed E-state index contributed by atoms with van der Waals surface area (Å²) < 4.78 is 0. The molecular weight excluding hydrogens is 298 g/mol. The zero-order valence-corrected chi connectivity index (χ0v) is 13.2. The topological polar surface area (TPSA) is 59.9 Å². The highest BCUT2D eigenvalue weighted by Crippen LogP contribution is 2.20. The van der Waals surface area contributed by atoms with Gasteiger partial charge in [-0.1, -0.05) is 24.3 Å². The third kappa shape index (κ3) is 2.60. The molecule has 4 heteroatoms. The number of nitrogens with zero attached hydrogens (tertiary/aromatic N) is 2. The second-order valence-corrected chi connectivity index (χ2v) is 6.23. The first kappa shape index (κ1) is 14.7. The molecule has 0 unspecified atom stereocenters. The minimum absolute atomic E-state index is 0.134. The number of benzene rings is 2. The largest absolute Gasteiger partial charge is 0.358 e. The van der Waals surface area contributed by atoms with Gasteiger partial charge in [-0.15, -0.1) is 0 Å². The lowest BCUT2D eigenvalue weighted by atomic mass is 10.0. The summed E-state index contributed by atoms with van der Waals surface area (Å²) in [5, 5.41) is 9.78. The number of aromatic amines is 1. The van der Waals surface area contributed by atoms with Crippen LogP contribution in [-0.2, 0) is 19.5 Å². The Balaban J connectivity index is 1.65. The highest BCUT2D eigenvalue weighted by molar-refractivity contribution is 5.79. The van der Waals surface area contributed by atoms with Gasteiger partial charge in [0.15, 0.2) is 5.43 Å². The van der Waals surface area contributed by atoms with Gasteiger partial charge < -0.3 is 4.98 Å². The van der Waals surface area contributed by atoms with E-state index in [0.29, 0.717) is 12.1 Å². The lowest BCUT2D eigenvalue weighted by molar-refractivity contribution is 0.243. The van der Waals surface area contributed by atoms with Crippen LogP contribution in [0, 0.1) is 11.3 Å². The fraction of sp³-hybridized carbons (Fsp3) is 0.200. The highest BCUT2D eigenvalue weighted by atomic mass is 16.1. The van der Waals surface area contributed by atoms with Gasteiger partial charge in [-0.3, -0.25) is 9.69 Å². The summed E-state index contributed by atoms with van der Waals surface area (Å²) in [7, 11) is 0. The quantitative estimate of drug-likeness (QED) is 0.791. The lowest BCUT2D eigenvalue weighted by Crippen LogP contribution is -2.34. The van der Waals surface area contributed by atoms with Gasteiger partial charge in [0.05, 0.1) is 11.6 Å². The molecular formula is C20H17N3O. The van der Waals surface area contributed by atoms with E-state index in [1.165, 1.54) is 0 Å². The molecule has 3 aromatic rings. The van der Waals surface area contributed by atoms with Crippen molar-refractivity contribution in [2.24, 2.45) is 0 Å². The Morgan fingerprint density at radius 2 is 2.04 bits per heavy atom. The maximum Gasteiger partial charge on any atom is 0.194 e. The van der Waals surface area contributed by atoms with Crippen LogP contribution in [0.3, 0.4) is 0 Å². The number of aromatic nitrogens is 1. The average Bonchev–Trinajstić information content (AvgIpc) is 2.63. The van der Waals surface area contributed by atoms with Crippen molar-refractivity contribution in [3.8, 4) is 6.07 Å². The van der Waals surface area contributed by atoms with Crippen molar-refractivity contribution in [1.29, 1.82) is 5.26 Å². The van der Waals surface area contributed by atoms with Gasteiger partial charge in [0.2, 0.25) is 0 Å². The zero-order chi connectivity index (χ0) is 16.5. The maximum absolute atomic E-state index is 12.8. The molecule has 0 bridgehead atoms. The van der Waals surface area contributed by atoms with Gasteiger partial charge in [-0.05, 0) is 29.8 Å². The van der Waals surface area contributed by atoms with Crippen molar-refractivity contribution in [2.75, 3.05) is 6.54 Å². The van der Waals surface area contributed by atoms with Crippen molar-refractivity contribution in [1.82, 2.24) is 9.88 Å². The molecule has 118 valence electrons. The van der Waals surface area contributed by atoms with E-state index in [-0.39, 0.29) is 5.43 Å². The number of para-hydroxylation sites is 1. The summed E-state index contributed by atoms with van der Waals surface area (Å²) in [6, 6.07) is 17.5. The van der Waals surface area contributed by atoms with Gasteiger partial charge in [0.25, 0.3) is 0 Å². The van der Waals surface area contributed by atoms with Crippen LogP contribution in [0.2, 0.25) is 0 Å². The van der Waals surface area contributed by atoms with Gasteiger partial charge >= 0.3 is 0 Å². The SMILES string of the molecule is N#Cc1cccc(CN2CCc3[nH]c4ccccc4c(=O)c3C2)c1. The van der Waals surface area contributed by atoms with E-state index < -0.39 is 0 Å². The van der Waals surface area contributed by atoms with E-state index in [9.17, 15) is 4.79 Å². The van der Waals surface area contributed by atoms with Crippen LogP contribution in [0.15, 0.2) is 53.3 Å². The molecule has 1 N–H and O–H groups in total. The fourth-order valence-electron chi connectivity index (χ4n) is 3.41. The van der Waals surface area contributed by atoms with Gasteiger partial charge in [0.1, 0.15) is 0 Å². The van der Waals surface area contributed by atoms with E-state index in [4.69, 9.17) is 5.26 Å². The van der Waals surface area contributed by atoms with Crippen molar-refractivity contribution >= 4 is 10.9 Å². The van der Waals surface area contributed by atoms with Crippen molar-refractivity contribution in [2.45, 2.75) is 19.5 Å². The number of rotatable bonds is 2. The van der Waals surface area contributed by atoms with Gasteiger partial charge in [0, 0.05) is 48.2 Å². The van der Waals surface area contributed by atoms with Crippen LogP contribution in [0.5, 0.6) is 0 Å². The van der Waals surface area contributed by atoms with E-state index in [1.54, 1.807) is 0 Å². The molecule has 0 saturated carbocycles. The lowest BCUT2D eigenvalue weighted by Gasteiger charge is -2.28. The van der Waals surface area contributed by atoms with Gasteiger partial charge in [-0.2, -0.15) is 5.26 Å². The van der Waals surface area contributed by atoms with E-state index in [1.807, 2.05) is 48.5 Å². The Morgan fingerprint density at radius 1 is 1.17 bits per heavy atom. The van der Waals surface area contributed by atoms with Crippen molar-refractivity contribution in [3.63, 3.8) is 0 Å². The summed E-state index contributed by atoms with van der Waals surface area (Å²) in [6.45, 7) is 2.30. The van der Waals surface area contributed by atoms with Gasteiger partial charge in [-0.25, -0.2) is 0 Å². The molecule has 1 aliphatic heterocycles. The third-order valence-corrected chi connectivity index (χ3v) is 4.62. The Kier molecular flexibility index (Phi) is 3.64.